The second-order valence-electron chi connectivity index (χ2n) is 2.99. The predicted octanol–water partition coefficient (Wildman–Crippen LogP) is 4.06. The molecular formula is C12H29NS. The molecule has 0 amide bonds. The lowest BCUT2D eigenvalue weighted by Gasteiger charge is -2.24. The Labute approximate surface area is 95.2 Å². The van der Waals surface area contributed by atoms with Crippen LogP contribution in [0.2, 0.25) is 0 Å². The normalized spacial score (nSPS) is 25.3. The molecule has 0 saturated heterocycles. The zero-order valence-electron chi connectivity index (χ0n) is 10.7. The first-order chi connectivity index (χ1) is 6.83. The van der Waals surface area contributed by atoms with Crippen LogP contribution < -0.4 is 5.73 Å². The summed E-state index contributed by atoms with van der Waals surface area (Å²) in [6, 6.07) is 0.508. The van der Waals surface area contributed by atoms with Crippen molar-refractivity contribution >= 4 is 11.8 Å². The SMILES string of the molecule is CC.CC.CCSC1CCC(N)CC1. The van der Waals surface area contributed by atoms with E-state index in [0.29, 0.717) is 6.04 Å². The third-order valence-corrected chi connectivity index (χ3v) is 3.40. The number of thioether (sulfide) groups is 1. The quantitative estimate of drug-likeness (QED) is 0.758. The molecular weight excluding hydrogens is 190 g/mol. The summed E-state index contributed by atoms with van der Waals surface area (Å²) >= 11 is 2.10. The molecule has 1 aliphatic rings. The lowest BCUT2D eigenvalue weighted by Crippen LogP contribution is -2.27. The van der Waals surface area contributed by atoms with Gasteiger partial charge in [-0.25, -0.2) is 0 Å². The van der Waals surface area contributed by atoms with Gasteiger partial charge in [-0.1, -0.05) is 34.6 Å². The van der Waals surface area contributed by atoms with E-state index in [-0.39, 0.29) is 0 Å². The van der Waals surface area contributed by atoms with Gasteiger partial charge in [0.15, 0.2) is 0 Å². The molecule has 2 N–H and O–H groups in total. The molecule has 14 heavy (non-hydrogen) atoms. The second kappa shape index (κ2) is 13.3. The van der Waals surface area contributed by atoms with Gasteiger partial charge >= 0.3 is 0 Å². The summed E-state index contributed by atoms with van der Waals surface area (Å²) in [5, 5.41) is 0.921. The smallest absolute Gasteiger partial charge is 0.00481 e. The van der Waals surface area contributed by atoms with Crippen LogP contribution in [0.1, 0.15) is 60.3 Å². The van der Waals surface area contributed by atoms with Crippen molar-refractivity contribution in [2.75, 3.05) is 5.75 Å². The monoisotopic (exact) mass is 219 g/mol. The fourth-order valence-corrected chi connectivity index (χ4v) is 2.57. The fraction of sp³-hybridized carbons (Fsp3) is 1.00. The third-order valence-electron chi connectivity index (χ3n) is 2.12. The highest BCUT2D eigenvalue weighted by Gasteiger charge is 2.17. The number of hydrogen-bond acceptors (Lipinski definition) is 2. The summed E-state index contributed by atoms with van der Waals surface area (Å²) in [4.78, 5) is 0. The van der Waals surface area contributed by atoms with Crippen LogP contribution in [-0.2, 0) is 0 Å². The fourth-order valence-electron chi connectivity index (χ4n) is 1.49. The first-order valence-electron chi connectivity index (χ1n) is 6.20. The molecule has 0 aromatic heterocycles. The molecule has 0 aliphatic heterocycles. The zero-order valence-corrected chi connectivity index (χ0v) is 11.5. The topological polar surface area (TPSA) is 26.0 Å². The van der Waals surface area contributed by atoms with Crippen LogP contribution in [0, 0.1) is 0 Å². The van der Waals surface area contributed by atoms with Gasteiger partial charge in [-0.15, -0.1) is 0 Å². The highest BCUT2D eigenvalue weighted by atomic mass is 32.2. The van der Waals surface area contributed by atoms with Crippen LogP contribution in [0.4, 0.5) is 0 Å². The molecule has 0 aromatic carbocycles. The van der Waals surface area contributed by atoms with Gasteiger partial charge in [-0.2, -0.15) is 11.8 Å². The standard InChI is InChI=1S/C8H17NS.2C2H6/c1-2-10-8-5-3-7(9)4-6-8;2*1-2/h7-8H,2-6,9H2,1H3;2*1-2H3. The summed E-state index contributed by atoms with van der Waals surface area (Å²) in [6.07, 6.45) is 5.19. The molecule has 0 aromatic rings. The highest BCUT2D eigenvalue weighted by molar-refractivity contribution is 7.99. The van der Waals surface area contributed by atoms with Crippen molar-refractivity contribution in [2.45, 2.75) is 71.6 Å². The molecule has 88 valence electrons. The van der Waals surface area contributed by atoms with Crippen molar-refractivity contribution in [3.05, 3.63) is 0 Å². The van der Waals surface area contributed by atoms with Gasteiger partial charge in [0.25, 0.3) is 0 Å². The Balaban J connectivity index is 0. The van der Waals surface area contributed by atoms with Crippen LogP contribution in [0.15, 0.2) is 0 Å². The van der Waals surface area contributed by atoms with Crippen molar-refractivity contribution in [2.24, 2.45) is 5.73 Å². The van der Waals surface area contributed by atoms with E-state index >= 15 is 0 Å². The first-order valence-corrected chi connectivity index (χ1v) is 7.25. The summed E-state index contributed by atoms with van der Waals surface area (Å²) in [5.74, 6) is 1.26. The van der Waals surface area contributed by atoms with Crippen molar-refractivity contribution in [1.82, 2.24) is 0 Å². The van der Waals surface area contributed by atoms with E-state index in [0.717, 1.165) is 5.25 Å². The minimum atomic E-state index is 0.508. The molecule has 1 fully saturated rings. The Morgan fingerprint density at radius 1 is 1.00 bits per heavy atom. The molecule has 0 radical (unpaired) electrons. The largest absolute Gasteiger partial charge is 0.328 e. The zero-order chi connectivity index (χ0) is 11.4. The molecule has 1 saturated carbocycles. The van der Waals surface area contributed by atoms with E-state index < -0.39 is 0 Å². The van der Waals surface area contributed by atoms with Gasteiger partial charge in [0.2, 0.25) is 0 Å². The maximum Gasteiger partial charge on any atom is 0.00481 e. The number of nitrogens with two attached hydrogens (primary N) is 1. The Kier molecular flexibility index (Phi) is 15.9. The summed E-state index contributed by atoms with van der Waals surface area (Å²) in [6.45, 7) is 10.2. The molecule has 0 spiro atoms. The summed E-state index contributed by atoms with van der Waals surface area (Å²) < 4.78 is 0. The van der Waals surface area contributed by atoms with Gasteiger partial charge in [0, 0.05) is 11.3 Å². The highest BCUT2D eigenvalue weighted by Crippen LogP contribution is 2.27. The van der Waals surface area contributed by atoms with Crippen molar-refractivity contribution in [3.8, 4) is 0 Å². The Bertz CT molecular complexity index is 88.3. The molecule has 1 nitrogen and oxygen atoms in total. The Morgan fingerprint density at radius 3 is 1.79 bits per heavy atom. The van der Waals surface area contributed by atoms with Gasteiger partial charge in [-0.05, 0) is 31.4 Å². The molecule has 0 heterocycles. The summed E-state index contributed by atoms with van der Waals surface area (Å²) in [7, 11) is 0. The minimum Gasteiger partial charge on any atom is -0.328 e. The van der Waals surface area contributed by atoms with Crippen LogP contribution in [0.3, 0.4) is 0 Å². The van der Waals surface area contributed by atoms with Crippen LogP contribution in [0.25, 0.3) is 0 Å². The van der Waals surface area contributed by atoms with E-state index in [9.17, 15) is 0 Å². The molecule has 1 aliphatic carbocycles. The van der Waals surface area contributed by atoms with Crippen molar-refractivity contribution < 1.29 is 0 Å². The molecule has 0 bridgehead atoms. The lowest BCUT2D eigenvalue weighted by molar-refractivity contribution is 0.451. The van der Waals surface area contributed by atoms with Gasteiger partial charge in [0.1, 0.15) is 0 Å². The van der Waals surface area contributed by atoms with Crippen molar-refractivity contribution in [3.63, 3.8) is 0 Å². The van der Waals surface area contributed by atoms with Gasteiger partial charge in [0.05, 0.1) is 0 Å². The first kappa shape index (κ1) is 16.7. The van der Waals surface area contributed by atoms with E-state index in [1.807, 2.05) is 27.7 Å². The second-order valence-corrected chi connectivity index (χ2v) is 4.57. The average molecular weight is 219 g/mol. The number of rotatable bonds is 2. The summed E-state index contributed by atoms with van der Waals surface area (Å²) in [5.41, 5.74) is 5.78. The van der Waals surface area contributed by atoms with Gasteiger partial charge in [-0.3, -0.25) is 0 Å². The van der Waals surface area contributed by atoms with Crippen molar-refractivity contribution in [1.29, 1.82) is 0 Å². The molecule has 2 heteroatoms. The van der Waals surface area contributed by atoms with Crippen LogP contribution in [-0.4, -0.2) is 17.0 Å². The Morgan fingerprint density at radius 2 is 1.43 bits per heavy atom. The lowest BCUT2D eigenvalue weighted by atomic mass is 9.96. The third kappa shape index (κ3) is 8.89. The minimum absolute atomic E-state index is 0.508. The Hall–Kier alpha value is 0.310. The van der Waals surface area contributed by atoms with Crippen LogP contribution >= 0.6 is 11.8 Å². The number of hydrogen-bond donors (Lipinski definition) is 1. The molecule has 1 rings (SSSR count). The maximum absolute atomic E-state index is 5.78. The van der Waals surface area contributed by atoms with E-state index in [2.05, 4.69) is 18.7 Å². The molecule has 0 unspecified atom stereocenters. The predicted molar refractivity (Wildman–Crippen MR) is 71.1 cm³/mol. The van der Waals surface area contributed by atoms with E-state index in [1.165, 1.54) is 31.4 Å². The van der Waals surface area contributed by atoms with E-state index in [4.69, 9.17) is 5.73 Å². The maximum atomic E-state index is 5.78. The van der Waals surface area contributed by atoms with E-state index in [1.54, 1.807) is 0 Å². The molecule has 0 atom stereocenters. The average Bonchev–Trinajstić information content (AvgIpc) is 2.28. The van der Waals surface area contributed by atoms with Gasteiger partial charge < -0.3 is 5.73 Å². The van der Waals surface area contributed by atoms with Crippen LogP contribution in [0.5, 0.6) is 0 Å².